The first kappa shape index (κ1) is 10.2. The van der Waals surface area contributed by atoms with Gasteiger partial charge in [-0.25, -0.2) is 0 Å². The molecular formula is C10H16O3. The summed E-state index contributed by atoms with van der Waals surface area (Å²) in [5, 5.41) is 8.97. The summed E-state index contributed by atoms with van der Waals surface area (Å²) < 4.78 is 0. The van der Waals surface area contributed by atoms with E-state index in [-0.39, 0.29) is 17.8 Å². The van der Waals surface area contributed by atoms with Gasteiger partial charge in [0.15, 0.2) is 0 Å². The molecular weight excluding hydrogens is 168 g/mol. The van der Waals surface area contributed by atoms with E-state index in [9.17, 15) is 9.59 Å². The van der Waals surface area contributed by atoms with Crippen LogP contribution in [0, 0.1) is 23.7 Å². The second-order valence-electron chi connectivity index (χ2n) is 4.11. The third-order valence-corrected chi connectivity index (χ3v) is 3.20. The molecule has 3 nitrogen and oxygen atoms in total. The van der Waals surface area contributed by atoms with Crippen molar-refractivity contribution in [3.63, 3.8) is 0 Å². The largest absolute Gasteiger partial charge is 0.481 e. The van der Waals surface area contributed by atoms with Gasteiger partial charge in [0.2, 0.25) is 0 Å². The van der Waals surface area contributed by atoms with Gasteiger partial charge < -0.3 is 9.90 Å². The molecule has 1 rings (SSSR count). The van der Waals surface area contributed by atoms with Gasteiger partial charge >= 0.3 is 5.97 Å². The summed E-state index contributed by atoms with van der Waals surface area (Å²) in [4.78, 5) is 21.7. The maximum Gasteiger partial charge on any atom is 0.307 e. The van der Waals surface area contributed by atoms with Crippen molar-refractivity contribution in [2.45, 2.75) is 26.7 Å². The number of carboxylic acid groups (broad SMARTS) is 1. The van der Waals surface area contributed by atoms with Gasteiger partial charge in [0, 0.05) is 5.92 Å². The fourth-order valence-corrected chi connectivity index (χ4v) is 2.26. The highest BCUT2D eigenvalue weighted by Crippen LogP contribution is 2.37. The number of rotatable bonds is 2. The average molecular weight is 184 g/mol. The molecule has 1 saturated carbocycles. The minimum Gasteiger partial charge on any atom is -0.481 e. The van der Waals surface area contributed by atoms with E-state index in [0.717, 1.165) is 19.1 Å². The first-order valence-corrected chi connectivity index (χ1v) is 4.76. The van der Waals surface area contributed by atoms with E-state index in [0.29, 0.717) is 0 Å². The summed E-state index contributed by atoms with van der Waals surface area (Å²) in [5.74, 6) is -1.24. The number of hydrogen-bond donors (Lipinski definition) is 1. The van der Waals surface area contributed by atoms with E-state index < -0.39 is 11.9 Å². The molecule has 0 aromatic carbocycles. The Hall–Kier alpha value is -0.860. The molecule has 4 atom stereocenters. The van der Waals surface area contributed by atoms with Gasteiger partial charge in [-0.1, -0.05) is 13.8 Å². The maximum absolute atomic E-state index is 10.9. The van der Waals surface area contributed by atoms with Crippen LogP contribution in [-0.4, -0.2) is 17.4 Å². The molecule has 0 radical (unpaired) electrons. The van der Waals surface area contributed by atoms with Gasteiger partial charge in [-0.15, -0.1) is 0 Å². The number of aldehydes is 1. The van der Waals surface area contributed by atoms with E-state index in [1.165, 1.54) is 0 Å². The quantitative estimate of drug-likeness (QED) is 0.663. The summed E-state index contributed by atoms with van der Waals surface area (Å²) >= 11 is 0. The Labute approximate surface area is 78.1 Å². The lowest BCUT2D eigenvalue weighted by atomic mass is 9.68. The molecule has 74 valence electrons. The fraction of sp³-hybridized carbons (Fsp3) is 0.800. The summed E-state index contributed by atoms with van der Waals surface area (Å²) in [7, 11) is 0. The third kappa shape index (κ3) is 1.90. The second kappa shape index (κ2) is 3.90. The van der Waals surface area contributed by atoms with Crippen LogP contribution in [0.25, 0.3) is 0 Å². The number of carboxylic acids is 1. The van der Waals surface area contributed by atoms with Crippen LogP contribution in [0.5, 0.6) is 0 Å². The van der Waals surface area contributed by atoms with Crippen LogP contribution >= 0.6 is 0 Å². The number of hydrogen-bond acceptors (Lipinski definition) is 2. The van der Waals surface area contributed by atoms with Crippen molar-refractivity contribution in [3.05, 3.63) is 0 Å². The first-order chi connectivity index (χ1) is 6.07. The molecule has 0 bridgehead atoms. The highest BCUT2D eigenvalue weighted by molar-refractivity contribution is 5.75. The van der Waals surface area contributed by atoms with E-state index in [2.05, 4.69) is 0 Å². The Morgan fingerprint density at radius 2 is 1.85 bits per heavy atom. The molecule has 0 aromatic heterocycles. The van der Waals surface area contributed by atoms with Crippen molar-refractivity contribution < 1.29 is 14.7 Å². The molecule has 0 spiro atoms. The molecule has 1 aliphatic carbocycles. The predicted molar refractivity (Wildman–Crippen MR) is 48.2 cm³/mol. The first-order valence-electron chi connectivity index (χ1n) is 4.76. The maximum atomic E-state index is 10.9. The Balaban J connectivity index is 2.83. The molecule has 0 amide bonds. The number of carbonyl (C=O) groups excluding carboxylic acids is 1. The van der Waals surface area contributed by atoms with Crippen molar-refractivity contribution in [2.75, 3.05) is 0 Å². The summed E-state index contributed by atoms with van der Waals surface area (Å²) in [6.45, 7) is 3.88. The lowest BCUT2D eigenvalue weighted by Gasteiger charge is -2.34. The minimum absolute atomic E-state index is 0.129. The highest BCUT2D eigenvalue weighted by atomic mass is 16.4. The van der Waals surface area contributed by atoms with Crippen molar-refractivity contribution in [1.29, 1.82) is 0 Å². The Morgan fingerprint density at radius 1 is 1.31 bits per heavy atom. The SMILES string of the molecule is C[C@@H]1CC[C@H](C)C(C(=O)O)C1C=O. The molecule has 1 N–H and O–H groups in total. The van der Waals surface area contributed by atoms with Crippen molar-refractivity contribution >= 4 is 12.3 Å². The monoisotopic (exact) mass is 184 g/mol. The third-order valence-electron chi connectivity index (χ3n) is 3.20. The lowest BCUT2D eigenvalue weighted by molar-refractivity contribution is -0.150. The minimum atomic E-state index is -0.823. The van der Waals surface area contributed by atoms with Gasteiger partial charge in [0.1, 0.15) is 6.29 Å². The van der Waals surface area contributed by atoms with Gasteiger partial charge in [0.25, 0.3) is 0 Å². The summed E-state index contributed by atoms with van der Waals surface area (Å²) in [5.41, 5.74) is 0. The fourth-order valence-electron chi connectivity index (χ4n) is 2.26. The zero-order valence-electron chi connectivity index (χ0n) is 8.06. The molecule has 3 heteroatoms. The molecule has 0 heterocycles. The zero-order valence-corrected chi connectivity index (χ0v) is 8.06. The molecule has 0 aromatic rings. The van der Waals surface area contributed by atoms with Gasteiger partial charge in [-0.2, -0.15) is 0 Å². The molecule has 1 fully saturated rings. The highest BCUT2D eigenvalue weighted by Gasteiger charge is 2.39. The lowest BCUT2D eigenvalue weighted by Crippen LogP contribution is -2.38. The topological polar surface area (TPSA) is 54.4 Å². The average Bonchev–Trinajstić information content (AvgIpc) is 2.07. The van der Waals surface area contributed by atoms with E-state index in [1.807, 2.05) is 13.8 Å². The van der Waals surface area contributed by atoms with E-state index in [1.54, 1.807) is 0 Å². The van der Waals surface area contributed by atoms with Crippen LogP contribution in [-0.2, 0) is 9.59 Å². The van der Waals surface area contributed by atoms with Crippen LogP contribution < -0.4 is 0 Å². The molecule has 0 saturated heterocycles. The predicted octanol–water partition coefficient (Wildman–Crippen LogP) is 1.57. The molecule has 13 heavy (non-hydrogen) atoms. The van der Waals surface area contributed by atoms with Crippen LogP contribution in [0.2, 0.25) is 0 Å². The van der Waals surface area contributed by atoms with Crippen LogP contribution in [0.15, 0.2) is 0 Å². The molecule has 1 aliphatic rings. The Bertz CT molecular complexity index is 212. The van der Waals surface area contributed by atoms with E-state index in [4.69, 9.17) is 5.11 Å². The van der Waals surface area contributed by atoms with Gasteiger partial charge in [-0.05, 0) is 24.7 Å². The normalized spacial score (nSPS) is 39.8. The standard InChI is InChI=1S/C10H16O3/c1-6-3-4-7(2)9(10(12)13)8(6)5-11/h5-9H,3-4H2,1-2H3,(H,12,13)/t6-,7+,8?,9?/m1/s1. The smallest absolute Gasteiger partial charge is 0.307 e. The van der Waals surface area contributed by atoms with Crippen molar-refractivity contribution in [2.24, 2.45) is 23.7 Å². The van der Waals surface area contributed by atoms with Gasteiger partial charge in [-0.3, -0.25) is 4.79 Å². The zero-order chi connectivity index (χ0) is 10.0. The second-order valence-corrected chi connectivity index (χ2v) is 4.11. The Morgan fingerprint density at radius 3 is 2.23 bits per heavy atom. The molecule has 0 aliphatic heterocycles. The summed E-state index contributed by atoms with van der Waals surface area (Å²) in [6.07, 6.45) is 2.70. The van der Waals surface area contributed by atoms with Crippen LogP contribution in [0.1, 0.15) is 26.7 Å². The van der Waals surface area contributed by atoms with E-state index >= 15 is 0 Å². The van der Waals surface area contributed by atoms with Crippen molar-refractivity contribution in [3.8, 4) is 0 Å². The van der Waals surface area contributed by atoms with Gasteiger partial charge in [0.05, 0.1) is 5.92 Å². The summed E-state index contributed by atoms with van der Waals surface area (Å²) in [6, 6.07) is 0. The van der Waals surface area contributed by atoms with Crippen LogP contribution in [0.4, 0.5) is 0 Å². The molecule has 2 unspecified atom stereocenters. The number of aliphatic carboxylic acids is 1. The van der Waals surface area contributed by atoms with Crippen molar-refractivity contribution in [1.82, 2.24) is 0 Å². The van der Waals surface area contributed by atoms with Crippen LogP contribution in [0.3, 0.4) is 0 Å². The Kier molecular flexibility index (Phi) is 3.07. The number of carbonyl (C=O) groups is 2.